The SMILES string of the molecule is Cn1c(-c2cccc([Si](c3ccccc3)(c3ccccc3)c3cccc(-n4c5cc6c(cc5c5cccnc54)N(c4ccccc4)c4ccccc4[Si]6(c4ccccc4)c4ccccc4)c3)c2)nc2ccccc21. The van der Waals surface area contributed by atoms with Gasteiger partial charge in [0.05, 0.1) is 16.6 Å². The number of aryl methyl sites for hydroxylation is 1. The number of benzene rings is 10. The second-order valence-corrected chi connectivity index (χ2v) is 26.9. The van der Waals surface area contributed by atoms with Crippen LogP contribution in [0.3, 0.4) is 0 Å². The highest BCUT2D eigenvalue weighted by Crippen LogP contribution is 2.42. The van der Waals surface area contributed by atoms with Gasteiger partial charge in [0.15, 0.2) is 16.1 Å². The number of anilines is 3. The molecule has 0 radical (unpaired) electrons. The Bertz CT molecular complexity index is 4130. The molecule has 0 N–H and O–H groups in total. The van der Waals surface area contributed by atoms with Crippen LogP contribution in [0.1, 0.15) is 0 Å². The number of hydrogen-bond acceptors (Lipinski definition) is 3. The summed E-state index contributed by atoms with van der Waals surface area (Å²) in [6.07, 6.45) is 1.94. The molecule has 0 spiro atoms. The van der Waals surface area contributed by atoms with E-state index in [-0.39, 0.29) is 0 Å². The first kappa shape index (κ1) is 43.6. The van der Waals surface area contributed by atoms with Gasteiger partial charge in [-0.3, -0.25) is 4.57 Å². The zero-order chi connectivity index (χ0) is 49.2. The number of aromatic nitrogens is 4. The molecule has 4 heterocycles. The van der Waals surface area contributed by atoms with Crippen molar-refractivity contribution in [3.05, 3.63) is 279 Å². The van der Waals surface area contributed by atoms with E-state index in [9.17, 15) is 0 Å². The minimum Gasteiger partial charge on any atom is -0.327 e. The monoisotopic (exact) mass is 979 g/mol. The highest BCUT2D eigenvalue weighted by molar-refractivity contribution is 7.21. The summed E-state index contributed by atoms with van der Waals surface area (Å²) in [5, 5.41) is 12.8. The Morgan fingerprint density at radius 1 is 0.405 bits per heavy atom. The fraction of sp³-hybridized carbons (Fsp3) is 0.0149. The van der Waals surface area contributed by atoms with E-state index in [0.29, 0.717) is 0 Å². The molecule has 10 aromatic carbocycles. The van der Waals surface area contributed by atoms with Crippen molar-refractivity contribution < 1.29 is 0 Å². The predicted molar refractivity (Wildman–Crippen MR) is 314 cm³/mol. The maximum Gasteiger partial charge on any atom is 0.184 e. The molecule has 0 fully saturated rings. The van der Waals surface area contributed by atoms with Gasteiger partial charge < -0.3 is 9.47 Å². The molecular formula is C67H49N5Si2. The number of fused-ring (bicyclic) bond motifs is 6. The average Bonchev–Trinajstić information content (AvgIpc) is 4.01. The van der Waals surface area contributed by atoms with E-state index >= 15 is 0 Å². The van der Waals surface area contributed by atoms with Gasteiger partial charge in [-0.2, -0.15) is 0 Å². The van der Waals surface area contributed by atoms with Crippen molar-refractivity contribution >= 4 is 108 Å². The summed E-state index contributed by atoms with van der Waals surface area (Å²) in [5.41, 5.74) is 9.84. The lowest BCUT2D eigenvalue weighted by atomic mass is 10.1. The van der Waals surface area contributed by atoms with Crippen LogP contribution >= 0.6 is 0 Å². The first-order valence-electron chi connectivity index (χ1n) is 25.4. The van der Waals surface area contributed by atoms with Gasteiger partial charge in [0.1, 0.15) is 11.5 Å². The van der Waals surface area contributed by atoms with Gasteiger partial charge in [-0.1, -0.05) is 206 Å². The van der Waals surface area contributed by atoms with E-state index in [0.717, 1.165) is 55.7 Å². The Hall–Kier alpha value is -9.15. The van der Waals surface area contributed by atoms with Crippen molar-refractivity contribution in [2.75, 3.05) is 4.90 Å². The van der Waals surface area contributed by atoms with E-state index in [1.54, 1.807) is 0 Å². The zero-order valence-electron chi connectivity index (χ0n) is 40.8. The molecule has 74 heavy (non-hydrogen) atoms. The van der Waals surface area contributed by atoms with E-state index in [1.165, 1.54) is 52.9 Å². The largest absolute Gasteiger partial charge is 0.327 e. The van der Waals surface area contributed by atoms with Gasteiger partial charge in [-0.15, -0.1) is 0 Å². The smallest absolute Gasteiger partial charge is 0.184 e. The number of imidazole rings is 1. The molecule has 14 rings (SSSR count). The Morgan fingerprint density at radius 3 is 1.66 bits per heavy atom. The second kappa shape index (κ2) is 17.6. The van der Waals surface area contributed by atoms with Crippen LogP contribution in [0.2, 0.25) is 0 Å². The van der Waals surface area contributed by atoms with Crippen LogP contribution in [0.15, 0.2) is 279 Å². The molecule has 0 saturated carbocycles. The first-order valence-corrected chi connectivity index (χ1v) is 29.4. The molecule has 0 amide bonds. The number of pyridine rings is 1. The predicted octanol–water partition coefficient (Wildman–Crippen LogP) is 10.3. The lowest BCUT2D eigenvalue weighted by molar-refractivity contribution is 0.959. The maximum atomic E-state index is 5.29. The summed E-state index contributed by atoms with van der Waals surface area (Å²) >= 11 is 0. The molecule has 3 aromatic heterocycles. The fourth-order valence-electron chi connectivity index (χ4n) is 12.5. The molecule has 0 saturated heterocycles. The maximum absolute atomic E-state index is 5.29. The summed E-state index contributed by atoms with van der Waals surface area (Å²) in [5.74, 6) is 0.949. The Labute approximate surface area is 432 Å². The van der Waals surface area contributed by atoms with Gasteiger partial charge in [0, 0.05) is 52.3 Å². The molecular weight excluding hydrogens is 931 g/mol. The summed E-state index contributed by atoms with van der Waals surface area (Å²) < 4.78 is 4.67. The Morgan fingerprint density at radius 2 is 0.973 bits per heavy atom. The van der Waals surface area contributed by atoms with Crippen LogP contribution in [0, 0.1) is 0 Å². The highest BCUT2D eigenvalue weighted by atomic mass is 28.3. The van der Waals surface area contributed by atoms with Crippen molar-refractivity contribution in [2.45, 2.75) is 0 Å². The van der Waals surface area contributed by atoms with Gasteiger partial charge in [-0.25, -0.2) is 9.97 Å². The molecule has 1 aliphatic rings. The van der Waals surface area contributed by atoms with E-state index in [2.05, 4.69) is 294 Å². The van der Waals surface area contributed by atoms with Crippen LogP contribution in [0.5, 0.6) is 0 Å². The normalized spacial score (nSPS) is 13.0. The number of hydrogen-bond donors (Lipinski definition) is 0. The quantitative estimate of drug-likeness (QED) is 0.107. The van der Waals surface area contributed by atoms with Gasteiger partial charge in [0.25, 0.3) is 0 Å². The molecule has 7 heteroatoms. The van der Waals surface area contributed by atoms with Crippen molar-refractivity contribution in [3.63, 3.8) is 0 Å². The summed E-state index contributed by atoms with van der Waals surface area (Å²) in [6.45, 7) is 0. The third kappa shape index (κ3) is 6.53. The van der Waals surface area contributed by atoms with Crippen LogP contribution < -0.4 is 46.4 Å². The average molecular weight is 980 g/mol. The highest BCUT2D eigenvalue weighted by Gasteiger charge is 2.49. The van der Waals surface area contributed by atoms with Crippen LogP contribution in [0.25, 0.3) is 50.0 Å². The van der Waals surface area contributed by atoms with E-state index in [4.69, 9.17) is 9.97 Å². The number of nitrogens with zero attached hydrogens (tertiary/aromatic N) is 5. The second-order valence-electron chi connectivity index (χ2n) is 19.4. The van der Waals surface area contributed by atoms with Crippen molar-refractivity contribution in [1.29, 1.82) is 0 Å². The zero-order valence-corrected chi connectivity index (χ0v) is 42.8. The summed E-state index contributed by atoms with van der Waals surface area (Å²) in [6, 6.07) is 101. The molecule has 350 valence electrons. The minimum absolute atomic E-state index is 0.924. The Balaban J connectivity index is 1.07. The van der Waals surface area contributed by atoms with Crippen molar-refractivity contribution in [3.8, 4) is 17.1 Å². The Kier molecular flexibility index (Phi) is 10.4. The van der Waals surface area contributed by atoms with Crippen molar-refractivity contribution in [2.24, 2.45) is 7.05 Å². The molecule has 0 aliphatic carbocycles. The summed E-state index contributed by atoms with van der Waals surface area (Å²) in [7, 11) is -4.00. The first-order chi connectivity index (χ1) is 36.6. The standard InChI is InChI=1S/C67H49N5Si2/c1-70-60-40-18-17-39-59(60)69-66(70)48-24-21-36-55(44-48)73(51-28-9-3-10-29-51,52-30-11-4-12-31-52)56-37-22-27-50(45-56)72-62-47-65-63(46-58(62)57-38-23-43-68-67(57)72)71(49-25-7-2-8-26-49)61-41-19-20-42-64(61)74(65,53-32-13-5-14-33-53)54-34-15-6-16-35-54/h2-47H,1H3. The number of rotatable bonds is 9. The van der Waals surface area contributed by atoms with Gasteiger partial charge in [-0.05, 0) is 108 Å². The van der Waals surface area contributed by atoms with Crippen LogP contribution in [0.4, 0.5) is 17.1 Å². The van der Waals surface area contributed by atoms with Crippen LogP contribution in [-0.2, 0) is 7.05 Å². The third-order valence-corrected chi connectivity index (χ3v) is 25.1. The lowest BCUT2D eigenvalue weighted by Gasteiger charge is -2.45. The minimum atomic E-state index is -3.09. The lowest BCUT2D eigenvalue weighted by Crippen LogP contribution is -2.77. The fourth-order valence-corrected chi connectivity index (χ4v) is 22.4. The van der Waals surface area contributed by atoms with Crippen molar-refractivity contribution in [1.82, 2.24) is 19.1 Å². The molecule has 13 aromatic rings. The topological polar surface area (TPSA) is 38.9 Å². The third-order valence-electron chi connectivity index (χ3n) is 15.6. The number of para-hydroxylation sites is 4. The van der Waals surface area contributed by atoms with Crippen LogP contribution in [-0.4, -0.2) is 35.2 Å². The van der Waals surface area contributed by atoms with E-state index in [1.807, 2.05) is 6.20 Å². The molecule has 0 bridgehead atoms. The van der Waals surface area contributed by atoms with Gasteiger partial charge in [0.2, 0.25) is 0 Å². The molecule has 1 aliphatic heterocycles. The molecule has 0 atom stereocenters. The molecule has 0 unspecified atom stereocenters. The molecule has 5 nitrogen and oxygen atoms in total. The van der Waals surface area contributed by atoms with E-state index < -0.39 is 16.1 Å². The summed E-state index contributed by atoms with van der Waals surface area (Å²) in [4.78, 5) is 13.0. The van der Waals surface area contributed by atoms with Gasteiger partial charge >= 0.3 is 0 Å².